The van der Waals surface area contributed by atoms with Gasteiger partial charge in [-0.15, -0.1) is 0 Å². The van der Waals surface area contributed by atoms with Gasteiger partial charge >= 0.3 is 0 Å². The molecule has 0 unspecified atom stereocenters. The predicted molar refractivity (Wildman–Crippen MR) is 105 cm³/mol. The number of likely N-dealkylation sites (tertiary alicyclic amines) is 1. The number of pyridine rings is 1. The molecule has 1 aromatic carbocycles. The molecule has 1 amide bonds. The summed E-state index contributed by atoms with van der Waals surface area (Å²) in [6.45, 7) is 2.63. The van der Waals surface area contributed by atoms with Crippen molar-refractivity contribution >= 4 is 29.1 Å². The lowest BCUT2D eigenvalue weighted by atomic mass is 10.0. The second kappa shape index (κ2) is 8.85. The second-order valence-electron chi connectivity index (χ2n) is 6.84. The number of aromatic nitrogens is 1. The summed E-state index contributed by atoms with van der Waals surface area (Å²) in [5, 5.41) is 0.990. The van der Waals surface area contributed by atoms with Crippen LogP contribution in [0.4, 0.5) is 0 Å². The van der Waals surface area contributed by atoms with E-state index in [2.05, 4.69) is 16.9 Å². The maximum atomic E-state index is 13.1. The first-order valence-electron chi connectivity index (χ1n) is 8.84. The van der Waals surface area contributed by atoms with Crippen molar-refractivity contribution < 1.29 is 4.79 Å². The highest BCUT2D eigenvalue weighted by Crippen LogP contribution is 2.24. The average Bonchev–Trinajstić information content (AvgIpc) is 2.64. The fourth-order valence-corrected chi connectivity index (χ4v) is 3.66. The largest absolute Gasteiger partial charge is 0.335 e. The minimum absolute atomic E-state index is 0.120. The lowest BCUT2D eigenvalue weighted by molar-refractivity contribution is -0.134. The van der Waals surface area contributed by atoms with Gasteiger partial charge in [0.1, 0.15) is 0 Å². The first-order valence-corrected chi connectivity index (χ1v) is 9.59. The number of carbonyl (C=O) groups excluding carboxylic acids is 1. The number of halogens is 2. The molecule has 1 fully saturated rings. The van der Waals surface area contributed by atoms with E-state index in [9.17, 15) is 4.79 Å². The fourth-order valence-electron chi connectivity index (χ4n) is 3.34. The van der Waals surface area contributed by atoms with Crippen molar-refractivity contribution in [3.63, 3.8) is 0 Å². The van der Waals surface area contributed by atoms with Gasteiger partial charge in [0.25, 0.3) is 0 Å². The van der Waals surface area contributed by atoms with Gasteiger partial charge in [-0.05, 0) is 68.4 Å². The summed E-state index contributed by atoms with van der Waals surface area (Å²) in [4.78, 5) is 21.5. The van der Waals surface area contributed by atoms with Crippen molar-refractivity contribution in [2.75, 3.05) is 20.1 Å². The summed E-state index contributed by atoms with van der Waals surface area (Å²) in [7, 11) is 2.13. The van der Waals surface area contributed by atoms with Crippen LogP contribution in [0, 0.1) is 0 Å². The molecular formula is C20H23Cl2N3O. The van der Waals surface area contributed by atoms with Crippen LogP contribution in [0.25, 0.3) is 0 Å². The Balaban J connectivity index is 1.76. The molecule has 0 N–H and O–H groups in total. The number of hydrogen-bond donors (Lipinski definition) is 0. The van der Waals surface area contributed by atoms with Gasteiger partial charge in [-0.2, -0.15) is 0 Å². The Hall–Kier alpha value is -1.62. The molecule has 1 saturated heterocycles. The van der Waals surface area contributed by atoms with E-state index in [0.29, 0.717) is 23.0 Å². The number of carbonyl (C=O) groups is 1. The van der Waals surface area contributed by atoms with E-state index in [4.69, 9.17) is 23.2 Å². The molecule has 2 heterocycles. The molecule has 0 aliphatic carbocycles. The summed E-state index contributed by atoms with van der Waals surface area (Å²) in [6, 6.07) is 9.58. The molecule has 4 nitrogen and oxygen atoms in total. The topological polar surface area (TPSA) is 36.4 Å². The molecule has 1 aliphatic heterocycles. The molecule has 6 heteroatoms. The standard InChI is InChI=1S/C20H23Cl2N3O/c1-24-10-6-17(7-11-24)25(14-15-4-8-23-9-5-15)20(26)13-16-2-3-18(21)19(22)12-16/h2-5,8-9,12,17H,6-7,10-11,13-14H2,1H3. The predicted octanol–water partition coefficient (Wildman–Crippen LogP) is 4.05. The Bertz CT molecular complexity index is 746. The molecule has 26 heavy (non-hydrogen) atoms. The number of benzene rings is 1. The number of rotatable bonds is 5. The molecular weight excluding hydrogens is 369 g/mol. The maximum Gasteiger partial charge on any atom is 0.227 e. The number of amides is 1. The summed E-state index contributed by atoms with van der Waals surface area (Å²) in [5.41, 5.74) is 1.98. The van der Waals surface area contributed by atoms with Gasteiger partial charge in [0.05, 0.1) is 16.5 Å². The van der Waals surface area contributed by atoms with Gasteiger partial charge in [0, 0.05) is 25.0 Å². The SMILES string of the molecule is CN1CCC(N(Cc2ccncc2)C(=O)Cc2ccc(Cl)c(Cl)c2)CC1. The third kappa shape index (κ3) is 4.97. The van der Waals surface area contributed by atoms with E-state index < -0.39 is 0 Å². The lowest BCUT2D eigenvalue weighted by Crippen LogP contribution is -2.46. The van der Waals surface area contributed by atoms with E-state index in [0.717, 1.165) is 37.1 Å². The van der Waals surface area contributed by atoms with Gasteiger partial charge in [-0.1, -0.05) is 29.3 Å². The van der Waals surface area contributed by atoms with Crippen LogP contribution in [0.15, 0.2) is 42.7 Å². The zero-order chi connectivity index (χ0) is 18.5. The van der Waals surface area contributed by atoms with E-state index in [1.54, 1.807) is 24.5 Å². The summed E-state index contributed by atoms with van der Waals surface area (Å²) < 4.78 is 0. The molecule has 3 rings (SSSR count). The monoisotopic (exact) mass is 391 g/mol. The molecule has 0 bridgehead atoms. The quantitative estimate of drug-likeness (QED) is 0.770. The highest BCUT2D eigenvalue weighted by atomic mass is 35.5. The van der Waals surface area contributed by atoms with Crippen molar-refractivity contribution in [2.24, 2.45) is 0 Å². The average molecular weight is 392 g/mol. The van der Waals surface area contributed by atoms with Crippen molar-refractivity contribution in [2.45, 2.75) is 31.8 Å². The number of piperidine rings is 1. The Morgan fingerprint density at radius 3 is 2.46 bits per heavy atom. The zero-order valence-electron chi connectivity index (χ0n) is 14.9. The summed E-state index contributed by atoms with van der Waals surface area (Å²) in [5.74, 6) is 0.120. The molecule has 0 spiro atoms. The Kier molecular flexibility index (Phi) is 6.52. The molecule has 1 aliphatic rings. The fraction of sp³-hybridized carbons (Fsp3) is 0.400. The first-order chi connectivity index (χ1) is 12.5. The van der Waals surface area contributed by atoms with Crippen LogP contribution < -0.4 is 0 Å². The van der Waals surface area contributed by atoms with Crippen LogP contribution in [0.3, 0.4) is 0 Å². The zero-order valence-corrected chi connectivity index (χ0v) is 16.4. The van der Waals surface area contributed by atoms with Crippen LogP contribution in [-0.2, 0) is 17.8 Å². The van der Waals surface area contributed by atoms with Gasteiger partial charge in [0.2, 0.25) is 5.91 Å². The van der Waals surface area contributed by atoms with Crippen LogP contribution in [0.2, 0.25) is 10.0 Å². The molecule has 0 radical (unpaired) electrons. The van der Waals surface area contributed by atoms with Gasteiger partial charge in [0.15, 0.2) is 0 Å². The first kappa shape index (κ1) is 19.2. The van der Waals surface area contributed by atoms with E-state index in [1.165, 1.54) is 0 Å². The van der Waals surface area contributed by atoms with Crippen LogP contribution in [0.1, 0.15) is 24.0 Å². The summed E-state index contributed by atoms with van der Waals surface area (Å²) >= 11 is 12.1. The number of nitrogens with zero attached hydrogens (tertiary/aromatic N) is 3. The highest BCUT2D eigenvalue weighted by molar-refractivity contribution is 6.42. The normalized spacial score (nSPS) is 15.8. The molecule has 0 atom stereocenters. The van der Waals surface area contributed by atoms with Crippen LogP contribution in [0.5, 0.6) is 0 Å². The van der Waals surface area contributed by atoms with E-state index in [1.807, 2.05) is 23.1 Å². The van der Waals surface area contributed by atoms with E-state index in [-0.39, 0.29) is 11.9 Å². The van der Waals surface area contributed by atoms with Gasteiger partial charge < -0.3 is 9.80 Å². The van der Waals surface area contributed by atoms with Crippen LogP contribution in [-0.4, -0.2) is 46.9 Å². The second-order valence-corrected chi connectivity index (χ2v) is 7.65. The highest BCUT2D eigenvalue weighted by Gasteiger charge is 2.27. The minimum Gasteiger partial charge on any atom is -0.335 e. The lowest BCUT2D eigenvalue weighted by Gasteiger charge is -2.37. The van der Waals surface area contributed by atoms with Crippen molar-refractivity contribution in [3.05, 3.63) is 63.9 Å². The van der Waals surface area contributed by atoms with Crippen molar-refractivity contribution in [3.8, 4) is 0 Å². The maximum absolute atomic E-state index is 13.1. The van der Waals surface area contributed by atoms with E-state index >= 15 is 0 Å². The molecule has 2 aromatic rings. The Morgan fingerprint density at radius 2 is 1.81 bits per heavy atom. The third-order valence-corrected chi connectivity index (χ3v) is 5.63. The van der Waals surface area contributed by atoms with Crippen LogP contribution >= 0.6 is 23.2 Å². The molecule has 1 aromatic heterocycles. The smallest absolute Gasteiger partial charge is 0.227 e. The Labute approximate surface area is 164 Å². The summed E-state index contributed by atoms with van der Waals surface area (Å²) in [6.07, 6.45) is 5.86. The third-order valence-electron chi connectivity index (χ3n) is 4.89. The Morgan fingerprint density at radius 1 is 1.12 bits per heavy atom. The molecule has 138 valence electrons. The van der Waals surface area contributed by atoms with Gasteiger partial charge in [-0.3, -0.25) is 9.78 Å². The minimum atomic E-state index is 0.120. The van der Waals surface area contributed by atoms with Crippen molar-refractivity contribution in [1.82, 2.24) is 14.8 Å². The van der Waals surface area contributed by atoms with Gasteiger partial charge in [-0.25, -0.2) is 0 Å². The molecule has 0 saturated carbocycles. The van der Waals surface area contributed by atoms with Crippen molar-refractivity contribution in [1.29, 1.82) is 0 Å². The number of hydrogen-bond acceptors (Lipinski definition) is 3.